The van der Waals surface area contributed by atoms with E-state index in [-0.39, 0.29) is 0 Å². The first-order valence-electron chi connectivity index (χ1n) is 12.6. The molecule has 6 rings (SSSR count). The molecule has 2 saturated heterocycles. The van der Waals surface area contributed by atoms with Crippen LogP contribution in [0.15, 0.2) is 59.5 Å². The molecule has 0 spiro atoms. The highest BCUT2D eigenvalue weighted by Gasteiger charge is 2.22. The SMILES string of the molecule is CN1CC[C@H](Nc2c(Br)cnc3[nH]c(-c4ccc(N5CCN(Cc6cccnc6)CC5)cc4)nc23)C1. The van der Waals surface area contributed by atoms with Gasteiger partial charge in [0.25, 0.3) is 0 Å². The monoisotopic (exact) mass is 546 g/mol. The van der Waals surface area contributed by atoms with Crippen LogP contribution in [-0.4, -0.2) is 82.1 Å². The number of piperazine rings is 1. The van der Waals surface area contributed by atoms with Gasteiger partial charge in [0.15, 0.2) is 5.65 Å². The Morgan fingerprint density at radius 1 is 1.06 bits per heavy atom. The highest BCUT2D eigenvalue weighted by Crippen LogP contribution is 2.32. The van der Waals surface area contributed by atoms with Gasteiger partial charge in [-0.3, -0.25) is 9.88 Å². The molecule has 186 valence electrons. The van der Waals surface area contributed by atoms with E-state index >= 15 is 0 Å². The number of hydrogen-bond donors (Lipinski definition) is 2. The molecule has 8 nitrogen and oxygen atoms in total. The second-order valence-corrected chi connectivity index (χ2v) is 10.7. The van der Waals surface area contributed by atoms with E-state index in [1.165, 1.54) is 11.3 Å². The Morgan fingerprint density at radius 2 is 1.89 bits per heavy atom. The fourth-order valence-corrected chi connectivity index (χ4v) is 5.61. The summed E-state index contributed by atoms with van der Waals surface area (Å²) in [6.07, 6.45) is 6.77. The van der Waals surface area contributed by atoms with Gasteiger partial charge >= 0.3 is 0 Å². The molecular weight excluding hydrogens is 516 g/mol. The van der Waals surface area contributed by atoms with Crippen LogP contribution in [0.3, 0.4) is 0 Å². The molecule has 0 unspecified atom stereocenters. The van der Waals surface area contributed by atoms with Crippen LogP contribution < -0.4 is 10.2 Å². The van der Waals surface area contributed by atoms with Crippen molar-refractivity contribution in [3.63, 3.8) is 0 Å². The van der Waals surface area contributed by atoms with Crippen LogP contribution in [0.4, 0.5) is 11.4 Å². The summed E-state index contributed by atoms with van der Waals surface area (Å²) in [5.41, 5.74) is 6.29. The van der Waals surface area contributed by atoms with Crippen molar-refractivity contribution in [1.29, 1.82) is 0 Å². The highest BCUT2D eigenvalue weighted by atomic mass is 79.9. The minimum atomic E-state index is 0.418. The van der Waals surface area contributed by atoms with Crippen molar-refractivity contribution < 1.29 is 0 Å². The second-order valence-electron chi connectivity index (χ2n) is 9.83. The van der Waals surface area contributed by atoms with Crippen LogP contribution in [0.1, 0.15) is 12.0 Å². The molecule has 4 aromatic rings. The smallest absolute Gasteiger partial charge is 0.159 e. The maximum atomic E-state index is 4.95. The standard InChI is InChI=1S/C27H31BrN8/c1-34-10-8-21(18-34)31-24-23(28)16-30-27-25(24)32-26(33-27)20-4-6-22(7-5-20)36-13-11-35(12-14-36)17-19-3-2-9-29-15-19/h2-7,9,15-16,21H,8,10-14,17-18H2,1H3,(H2,30,31,32,33)/t21-/m0/s1. The molecule has 36 heavy (non-hydrogen) atoms. The Hall–Kier alpha value is -3.01. The van der Waals surface area contributed by atoms with E-state index in [0.717, 1.165) is 84.9 Å². The summed E-state index contributed by atoms with van der Waals surface area (Å²) < 4.78 is 0.945. The van der Waals surface area contributed by atoms with Gasteiger partial charge in [-0.1, -0.05) is 6.07 Å². The number of rotatable bonds is 6. The molecule has 0 saturated carbocycles. The zero-order chi connectivity index (χ0) is 24.5. The predicted octanol–water partition coefficient (Wildman–Crippen LogP) is 4.22. The zero-order valence-electron chi connectivity index (χ0n) is 20.5. The number of aromatic nitrogens is 4. The van der Waals surface area contributed by atoms with Crippen molar-refractivity contribution in [2.45, 2.75) is 19.0 Å². The van der Waals surface area contributed by atoms with Crippen molar-refractivity contribution in [2.75, 3.05) is 56.5 Å². The van der Waals surface area contributed by atoms with Gasteiger partial charge in [0.05, 0.1) is 10.2 Å². The summed E-state index contributed by atoms with van der Waals surface area (Å²) in [6, 6.07) is 13.3. The number of pyridine rings is 2. The number of nitrogens with one attached hydrogen (secondary N) is 2. The molecule has 3 aromatic heterocycles. The Balaban J connectivity index is 1.14. The van der Waals surface area contributed by atoms with Gasteiger partial charge in [-0.15, -0.1) is 0 Å². The Kier molecular flexibility index (Phi) is 6.60. The predicted molar refractivity (Wildman–Crippen MR) is 148 cm³/mol. The molecule has 9 heteroatoms. The highest BCUT2D eigenvalue weighted by molar-refractivity contribution is 9.10. The van der Waals surface area contributed by atoms with E-state index in [1.807, 2.05) is 24.7 Å². The third-order valence-electron chi connectivity index (χ3n) is 7.21. The van der Waals surface area contributed by atoms with Crippen LogP contribution in [-0.2, 0) is 6.54 Å². The molecule has 0 bridgehead atoms. The van der Waals surface area contributed by atoms with Crippen molar-refractivity contribution in [1.82, 2.24) is 29.7 Å². The number of nitrogens with zero attached hydrogens (tertiary/aromatic N) is 6. The third kappa shape index (κ3) is 4.96. The maximum Gasteiger partial charge on any atom is 0.159 e. The number of H-pyrrole nitrogens is 1. The average molecular weight is 548 g/mol. The van der Waals surface area contributed by atoms with Crippen LogP contribution in [0.25, 0.3) is 22.6 Å². The number of likely N-dealkylation sites (N-methyl/N-ethyl adjacent to an activating group) is 1. The molecule has 0 amide bonds. The number of aromatic amines is 1. The van der Waals surface area contributed by atoms with E-state index in [1.54, 1.807) is 0 Å². The van der Waals surface area contributed by atoms with E-state index in [9.17, 15) is 0 Å². The maximum absolute atomic E-state index is 4.95. The number of imidazole rings is 1. The molecule has 2 fully saturated rings. The number of halogens is 1. The van der Waals surface area contributed by atoms with E-state index in [2.05, 4.69) is 88.3 Å². The quantitative estimate of drug-likeness (QED) is 0.375. The van der Waals surface area contributed by atoms with Gasteiger partial charge in [-0.2, -0.15) is 0 Å². The van der Waals surface area contributed by atoms with E-state index in [4.69, 9.17) is 4.98 Å². The zero-order valence-corrected chi connectivity index (χ0v) is 22.1. The number of likely N-dealkylation sites (tertiary alicyclic amines) is 1. The minimum absolute atomic E-state index is 0.418. The fraction of sp³-hybridized carbons (Fsp3) is 0.370. The summed E-state index contributed by atoms with van der Waals surface area (Å²) in [5, 5.41) is 3.69. The Bertz CT molecular complexity index is 1320. The fourth-order valence-electron chi connectivity index (χ4n) is 5.21. The second kappa shape index (κ2) is 10.2. The van der Waals surface area contributed by atoms with Gasteiger partial charge in [0.1, 0.15) is 11.3 Å². The van der Waals surface area contributed by atoms with Crippen LogP contribution >= 0.6 is 15.9 Å². The molecule has 0 radical (unpaired) electrons. The average Bonchev–Trinajstić information content (AvgIpc) is 3.53. The topological polar surface area (TPSA) is 76.2 Å². The normalized spacial score (nSPS) is 19.3. The molecule has 0 aliphatic carbocycles. The van der Waals surface area contributed by atoms with Gasteiger partial charge in [0.2, 0.25) is 0 Å². The summed E-state index contributed by atoms with van der Waals surface area (Å²) in [4.78, 5) is 24.5. The first kappa shape index (κ1) is 23.4. The third-order valence-corrected chi connectivity index (χ3v) is 7.82. The summed E-state index contributed by atoms with van der Waals surface area (Å²) >= 11 is 3.68. The molecular formula is C27H31BrN8. The minimum Gasteiger partial charge on any atom is -0.378 e. The molecule has 5 heterocycles. The number of fused-ring (bicyclic) bond motifs is 1. The number of benzene rings is 1. The summed E-state index contributed by atoms with van der Waals surface area (Å²) in [5.74, 6) is 0.843. The summed E-state index contributed by atoms with van der Waals surface area (Å²) in [6.45, 7) is 7.25. The lowest BCUT2D eigenvalue weighted by Gasteiger charge is -2.36. The van der Waals surface area contributed by atoms with Gasteiger partial charge in [-0.25, -0.2) is 9.97 Å². The lowest BCUT2D eigenvalue weighted by molar-refractivity contribution is 0.249. The first-order chi connectivity index (χ1) is 17.6. The molecule has 1 atom stereocenters. The molecule has 2 N–H and O–H groups in total. The Labute approximate surface area is 219 Å². The Morgan fingerprint density at radius 3 is 2.61 bits per heavy atom. The molecule has 2 aliphatic rings. The van der Waals surface area contributed by atoms with Crippen LogP contribution in [0, 0.1) is 0 Å². The molecule has 2 aliphatic heterocycles. The van der Waals surface area contributed by atoms with Gasteiger partial charge in [0, 0.05) is 75.2 Å². The lowest BCUT2D eigenvalue weighted by atomic mass is 10.1. The van der Waals surface area contributed by atoms with Crippen LogP contribution in [0.2, 0.25) is 0 Å². The van der Waals surface area contributed by atoms with E-state index < -0.39 is 0 Å². The molecule has 1 aromatic carbocycles. The number of anilines is 2. The van der Waals surface area contributed by atoms with Crippen LogP contribution in [0.5, 0.6) is 0 Å². The van der Waals surface area contributed by atoms with E-state index in [0.29, 0.717) is 6.04 Å². The van der Waals surface area contributed by atoms with Crippen molar-refractivity contribution >= 4 is 38.5 Å². The summed E-state index contributed by atoms with van der Waals surface area (Å²) in [7, 11) is 2.16. The number of hydrogen-bond acceptors (Lipinski definition) is 7. The van der Waals surface area contributed by atoms with Gasteiger partial charge < -0.3 is 20.1 Å². The first-order valence-corrected chi connectivity index (χ1v) is 13.4. The van der Waals surface area contributed by atoms with Crippen molar-refractivity contribution in [3.05, 3.63) is 65.0 Å². The largest absolute Gasteiger partial charge is 0.378 e. The lowest BCUT2D eigenvalue weighted by Crippen LogP contribution is -2.45. The van der Waals surface area contributed by atoms with Gasteiger partial charge in [-0.05, 0) is 71.8 Å². The van der Waals surface area contributed by atoms with Crippen molar-refractivity contribution in [3.8, 4) is 11.4 Å². The van der Waals surface area contributed by atoms with Crippen molar-refractivity contribution in [2.24, 2.45) is 0 Å².